The Labute approximate surface area is 104 Å². The lowest BCUT2D eigenvalue weighted by Crippen LogP contribution is -2.42. The van der Waals surface area contributed by atoms with Crippen molar-refractivity contribution in [3.05, 3.63) is 33.7 Å². The molecule has 0 spiro atoms. The van der Waals surface area contributed by atoms with Crippen LogP contribution >= 0.6 is 0 Å². The Morgan fingerprint density at radius 1 is 1.44 bits per heavy atom. The molecule has 2 rings (SSSR count). The quantitative estimate of drug-likeness (QED) is 0.775. The molecular formula is C12H14N2O4. The van der Waals surface area contributed by atoms with E-state index >= 15 is 0 Å². The average molecular weight is 250 g/mol. The standard InChI is InChI=1S/C12H14N2O4/c1-2-7-18-12(17)8-3-4-9-10(15)13-5-6-14(9)11(8)16/h3-4H,2,5-7H2,1H3,(H,13,15). The number of ether oxygens (including phenoxy) is 1. The summed E-state index contributed by atoms with van der Waals surface area (Å²) < 4.78 is 6.23. The van der Waals surface area contributed by atoms with Crippen molar-refractivity contribution in [3.8, 4) is 0 Å². The molecule has 1 aliphatic rings. The molecule has 6 nitrogen and oxygen atoms in total. The van der Waals surface area contributed by atoms with Crippen molar-refractivity contribution in [2.24, 2.45) is 0 Å². The lowest BCUT2D eigenvalue weighted by Gasteiger charge is -2.18. The van der Waals surface area contributed by atoms with E-state index < -0.39 is 11.5 Å². The van der Waals surface area contributed by atoms with Gasteiger partial charge in [0.15, 0.2) is 0 Å². The predicted octanol–water partition coefficient (Wildman–Crippen LogP) is 0.158. The topological polar surface area (TPSA) is 77.4 Å². The van der Waals surface area contributed by atoms with Gasteiger partial charge in [-0.1, -0.05) is 6.92 Å². The van der Waals surface area contributed by atoms with E-state index in [1.165, 1.54) is 16.7 Å². The van der Waals surface area contributed by atoms with Crippen LogP contribution in [0.2, 0.25) is 0 Å². The van der Waals surface area contributed by atoms with Crippen LogP contribution in [0.4, 0.5) is 0 Å². The summed E-state index contributed by atoms with van der Waals surface area (Å²) in [6.07, 6.45) is 0.695. The maximum atomic E-state index is 12.0. The van der Waals surface area contributed by atoms with Crippen LogP contribution in [0.15, 0.2) is 16.9 Å². The first-order valence-corrected chi connectivity index (χ1v) is 5.84. The minimum atomic E-state index is -0.636. The molecule has 0 atom stereocenters. The normalized spacial score (nSPS) is 13.7. The molecule has 2 heterocycles. The summed E-state index contributed by atoms with van der Waals surface area (Å²) in [5.74, 6) is -0.935. The zero-order valence-corrected chi connectivity index (χ0v) is 10.1. The van der Waals surface area contributed by atoms with E-state index in [1.807, 2.05) is 6.92 Å². The number of pyridine rings is 1. The maximum absolute atomic E-state index is 12.0. The third-order valence-corrected chi connectivity index (χ3v) is 2.69. The number of hydrogen-bond acceptors (Lipinski definition) is 4. The van der Waals surface area contributed by atoms with Gasteiger partial charge in [-0.05, 0) is 18.6 Å². The molecule has 1 N–H and O–H groups in total. The van der Waals surface area contributed by atoms with E-state index in [2.05, 4.69) is 5.32 Å². The van der Waals surface area contributed by atoms with Gasteiger partial charge in [-0.25, -0.2) is 4.79 Å². The third-order valence-electron chi connectivity index (χ3n) is 2.69. The molecular weight excluding hydrogens is 236 g/mol. The number of rotatable bonds is 3. The summed E-state index contributed by atoms with van der Waals surface area (Å²) in [5, 5.41) is 2.63. The van der Waals surface area contributed by atoms with Gasteiger partial charge in [0.25, 0.3) is 11.5 Å². The summed E-state index contributed by atoms with van der Waals surface area (Å²) in [6.45, 7) is 2.91. The van der Waals surface area contributed by atoms with Crippen molar-refractivity contribution in [2.45, 2.75) is 19.9 Å². The SMILES string of the molecule is CCCOC(=O)c1ccc2n(c1=O)CCNC2=O. The molecule has 1 aromatic rings. The first-order chi connectivity index (χ1) is 8.65. The fraction of sp³-hybridized carbons (Fsp3) is 0.417. The Balaban J connectivity index is 2.38. The molecule has 0 unspecified atom stereocenters. The van der Waals surface area contributed by atoms with Gasteiger partial charge in [0, 0.05) is 13.1 Å². The van der Waals surface area contributed by atoms with E-state index in [4.69, 9.17) is 4.74 Å². The van der Waals surface area contributed by atoms with Gasteiger partial charge in [-0.3, -0.25) is 9.59 Å². The first kappa shape index (κ1) is 12.3. The van der Waals surface area contributed by atoms with E-state index in [0.29, 0.717) is 19.5 Å². The fourth-order valence-electron chi connectivity index (χ4n) is 1.80. The van der Waals surface area contributed by atoms with Crippen LogP contribution in [0.1, 0.15) is 34.2 Å². The Bertz CT molecular complexity index is 547. The average Bonchev–Trinajstić information content (AvgIpc) is 2.37. The maximum Gasteiger partial charge on any atom is 0.343 e. The number of aromatic nitrogens is 1. The minimum Gasteiger partial charge on any atom is -0.462 e. The highest BCUT2D eigenvalue weighted by Crippen LogP contribution is 2.05. The van der Waals surface area contributed by atoms with Gasteiger partial charge in [0.05, 0.1) is 6.61 Å². The Morgan fingerprint density at radius 3 is 2.94 bits per heavy atom. The molecule has 18 heavy (non-hydrogen) atoms. The second-order valence-corrected chi connectivity index (χ2v) is 3.98. The van der Waals surface area contributed by atoms with Crippen LogP contribution in [0.3, 0.4) is 0 Å². The van der Waals surface area contributed by atoms with Gasteiger partial charge in [0.1, 0.15) is 11.3 Å². The minimum absolute atomic E-state index is 0.0260. The van der Waals surface area contributed by atoms with E-state index in [9.17, 15) is 14.4 Å². The van der Waals surface area contributed by atoms with Crippen molar-refractivity contribution >= 4 is 11.9 Å². The van der Waals surface area contributed by atoms with E-state index in [-0.39, 0.29) is 23.8 Å². The number of fused-ring (bicyclic) bond motifs is 1. The Hall–Kier alpha value is -2.11. The van der Waals surface area contributed by atoms with Crippen molar-refractivity contribution in [1.82, 2.24) is 9.88 Å². The number of amides is 1. The lowest BCUT2D eigenvalue weighted by atomic mass is 10.2. The number of nitrogens with zero attached hydrogens (tertiary/aromatic N) is 1. The highest BCUT2D eigenvalue weighted by Gasteiger charge is 2.21. The summed E-state index contributed by atoms with van der Waals surface area (Å²) >= 11 is 0. The molecule has 0 aliphatic carbocycles. The van der Waals surface area contributed by atoms with Crippen LogP contribution in [0.5, 0.6) is 0 Å². The molecule has 0 fully saturated rings. The molecule has 0 saturated carbocycles. The molecule has 6 heteroatoms. The monoisotopic (exact) mass is 250 g/mol. The smallest absolute Gasteiger partial charge is 0.343 e. The zero-order chi connectivity index (χ0) is 13.1. The van der Waals surface area contributed by atoms with Crippen LogP contribution in [0, 0.1) is 0 Å². The number of hydrogen-bond donors (Lipinski definition) is 1. The lowest BCUT2D eigenvalue weighted by molar-refractivity contribution is 0.0501. The molecule has 1 amide bonds. The van der Waals surface area contributed by atoms with Gasteiger partial charge in [-0.2, -0.15) is 0 Å². The highest BCUT2D eigenvalue weighted by molar-refractivity contribution is 5.95. The third kappa shape index (κ3) is 2.13. The van der Waals surface area contributed by atoms with Gasteiger partial charge in [-0.15, -0.1) is 0 Å². The van der Waals surface area contributed by atoms with Crippen molar-refractivity contribution in [3.63, 3.8) is 0 Å². The van der Waals surface area contributed by atoms with Crippen LogP contribution in [-0.2, 0) is 11.3 Å². The largest absolute Gasteiger partial charge is 0.462 e. The molecule has 0 saturated heterocycles. The number of nitrogens with one attached hydrogen (secondary N) is 1. The van der Waals surface area contributed by atoms with Crippen molar-refractivity contribution in [1.29, 1.82) is 0 Å². The van der Waals surface area contributed by atoms with Crippen LogP contribution < -0.4 is 10.9 Å². The first-order valence-electron chi connectivity index (χ1n) is 5.84. The fourth-order valence-corrected chi connectivity index (χ4v) is 1.80. The van der Waals surface area contributed by atoms with Crippen LogP contribution in [-0.4, -0.2) is 29.6 Å². The number of esters is 1. The Morgan fingerprint density at radius 2 is 2.22 bits per heavy atom. The van der Waals surface area contributed by atoms with E-state index in [0.717, 1.165) is 0 Å². The Kier molecular flexibility index (Phi) is 3.45. The second kappa shape index (κ2) is 5.03. The number of carbonyl (C=O) groups is 2. The second-order valence-electron chi connectivity index (χ2n) is 3.98. The molecule has 0 aromatic carbocycles. The molecule has 96 valence electrons. The molecule has 0 radical (unpaired) electrons. The van der Waals surface area contributed by atoms with Gasteiger partial charge < -0.3 is 14.6 Å². The highest BCUT2D eigenvalue weighted by atomic mass is 16.5. The van der Waals surface area contributed by atoms with Crippen molar-refractivity contribution in [2.75, 3.05) is 13.2 Å². The van der Waals surface area contributed by atoms with Crippen molar-refractivity contribution < 1.29 is 14.3 Å². The van der Waals surface area contributed by atoms with E-state index in [1.54, 1.807) is 0 Å². The zero-order valence-electron chi connectivity index (χ0n) is 10.1. The summed E-state index contributed by atoms with van der Waals surface area (Å²) in [4.78, 5) is 35.2. The van der Waals surface area contributed by atoms with Crippen LogP contribution in [0.25, 0.3) is 0 Å². The van der Waals surface area contributed by atoms with Gasteiger partial charge >= 0.3 is 5.97 Å². The summed E-state index contributed by atoms with van der Waals surface area (Å²) in [6, 6.07) is 2.81. The summed E-state index contributed by atoms with van der Waals surface area (Å²) in [7, 11) is 0. The number of carbonyl (C=O) groups excluding carboxylic acids is 2. The molecule has 1 aliphatic heterocycles. The molecule has 0 bridgehead atoms. The molecule has 1 aromatic heterocycles. The summed E-state index contributed by atoms with van der Waals surface area (Å²) in [5.41, 5.74) is -0.219. The predicted molar refractivity (Wildman–Crippen MR) is 63.6 cm³/mol. The van der Waals surface area contributed by atoms with Gasteiger partial charge in [0.2, 0.25) is 0 Å².